The molecule has 0 heterocycles. The van der Waals surface area contributed by atoms with Gasteiger partial charge in [0.2, 0.25) is 0 Å². The molecule has 0 fully saturated rings. The van der Waals surface area contributed by atoms with E-state index in [4.69, 9.17) is 4.74 Å². The number of alkyl halides is 1. The zero-order chi connectivity index (χ0) is 15.4. The fourth-order valence-corrected chi connectivity index (χ4v) is 2.54. The van der Waals surface area contributed by atoms with E-state index < -0.39 is 11.9 Å². The quantitative estimate of drug-likeness (QED) is 0.517. The lowest BCUT2D eigenvalue weighted by Crippen LogP contribution is -2.09. The summed E-state index contributed by atoms with van der Waals surface area (Å²) in [6, 6.07) is 12.4. The number of hydrogen-bond donors (Lipinski definition) is 1. The fraction of sp³-hybridized carbons (Fsp3) is 0.125. The molecule has 0 unspecified atom stereocenters. The Labute approximate surface area is 130 Å². The van der Waals surface area contributed by atoms with Crippen LogP contribution in [0.25, 0.3) is 11.1 Å². The summed E-state index contributed by atoms with van der Waals surface area (Å²) < 4.78 is 5.19. The van der Waals surface area contributed by atoms with Gasteiger partial charge in [-0.15, -0.1) is 0 Å². The lowest BCUT2D eigenvalue weighted by atomic mass is 9.96. The van der Waals surface area contributed by atoms with Gasteiger partial charge in [-0.1, -0.05) is 52.3 Å². The number of carbonyl (C=O) groups excluding carboxylic acids is 1. The number of carbonyl (C=O) groups is 2. The first-order chi connectivity index (χ1) is 10.0. The molecule has 2 rings (SSSR count). The third-order valence-electron chi connectivity index (χ3n) is 2.93. The van der Waals surface area contributed by atoms with Gasteiger partial charge < -0.3 is 9.84 Å². The van der Waals surface area contributed by atoms with Crippen molar-refractivity contribution in [1.82, 2.24) is 0 Å². The van der Waals surface area contributed by atoms with Crippen molar-refractivity contribution in [3.63, 3.8) is 0 Å². The highest BCUT2D eigenvalue weighted by Gasteiger charge is 2.21. The molecule has 0 radical (unpaired) electrons. The lowest BCUT2D eigenvalue weighted by molar-refractivity contribution is -0.131. The van der Waals surface area contributed by atoms with Crippen LogP contribution in [0, 0.1) is 0 Å². The number of hydrogen-bond acceptors (Lipinski definition) is 3. The number of halogens is 1. The third kappa shape index (κ3) is 3.31. The van der Waals surface area contributed by atoms with Crippen LogP contribution in [0.1, 0.15) is 22.8 Å². The molecule has 1 N–H and O–H groups in total. The van der Waals surface area contributed by atoms with Crippen LogP contribution in [0.4, 0.5) is 0 Å². The molecule has 0 aromatic heterocycles. The van der Waals surface area contributed by atoms with Crippen molar-refractivity contribution in [1.29, 1.82) is 0 Å². The molecule has 0 bridgehead atoms. The van der Waals surface area contributed by atoms with Gasteiger partial charge in [0.05, 0.1) is 0 Å². The van der Waals surface area contributed by atoms with Gasteiger partial charge in [0.15, 0.2) is 5.75 Å². The first-order valence-electron chi connectivity index (χ1n) is 6.23. The highest BCUT2D eigenvalue weighted by atomic mass is 79.9. The van der Waals surface area contributed by atoms with Crippen LogP contribution in [0.5, 0.6) is 5.75 Å². The average molecular weight is 349 g/mol. The molecular formula is C16H13BrO4. The second kappa shape index (κ2) is 6.54. The van der Waals surface area contributed by atoms with Crippen molar-refractivity contribution >= 4 is 27.9 Å². The maximum absolute atomic E-state index is 11.4. The predicted molar refractivity (Wildman–Crippen MR) is 82.8 cm³/mol. The van der Waals surface area contributed by atoms with Crippen LogP contribution in [0.15, 0.2) is 42.5 Å². The SMILES string of the molecule is CC(=O)Oc1c(C(=O)O)ccc(CBr)c1-c1ccccc1. The first-order valence-corrected chi connectivity index (χ1v) is 7.35. The van der Waals surface area contributed by atoms with E-state index in [9.17, 15) is 14.7 Å². The van der Waals surface area contributed by atoms with Gasteiger partial charge in [-0.3, -0.25) is 4.79 Å². The number of aromatic carboxylic acids is 1. The number of benzene rings is 2. The molecule has 21 heavy (non-hydrogen) atoms. The van der Waals surface area contributed by atoms with Crippen molar-refractivity contribution in [3.05, 3.63) is 53.6 Å². The van der Waals surface area contributed by atoms with Crippen molar-refractivity contribution in [3.8, 4) is 16.9 Å². The van der Waals surface area contributed by atoms with E-state index in [1.807, 2.05) is 30.3 Å². The molecule has 0 spiro atoms. The van der Waals surface area contributed by atoms with E-state index in [2.05, 4.69) is 15.9 Å². The minimum atomic E-state index is -1.13. The first kappa shape index (κ1) is 15.3. The standard InChI is InChI=1S/C16H13BrO4/c1-10(18)21-15-13(16(19)20)8-7-12(9-17)14(15)11-5-3-2-4-6-11/h2-8H,9H2,1H3,(H,19,20). The minimum absolute atomic E-state index is 0.0336. The minimum Gasteiger partial charge on any atom is -0.478 e. The number of carboxylic acid groups (broad SMARTS) is 1. The van der Waals surface area contributed by atoms with E-state index in [1.54, 1.807) is 6.07 Å². The molecular weight excluding hydrogens is 336 g/mol. The van der Waals surface area contributed by atoms with Crippen molar-refractivity contribution < 1.29 is 19.4 Å². The normalized spacial score (nSPS) is 10.2. The Bertz CT molecular complexity index is 680. The topological polar surface area (TPSA) is 63.6 Å². The smallest absolute Gasteiger partial charge is 0.339 e. The van der Waals surface area contributed by atoms with Crippen LogP contribution >= 0.6 is 15.9 Å². The number of esters is 1. The Kier molecular flexibility index (Phi) is 4.75. The largest absolute Gasteiger partial charge is 0.478 e. The third-order valence-corrected chi connectivity index (χ3v) is 3.53. The van der Waals surface area contributed by atoms with Gasteiger partial charge in [0, 0.05) is 17.8 Å². The molecule has 4 nitrogen and oxygen atoms in total. The molecule has 2 aromatic rings. The van der Waals surface area contributed by atoms with Crippen LogP contribution in [0.2, 0.25) is 0 Å². The molecule has 108 valence electrons. The summed E-state index contributed by atoms with van der Waals surface area (Å²) in [6.07, 6.45) is 0. The van der Waals surface area contributed by atoms with E-state index in [-0.39, 0.29) is 11.3 Å². The Morgan fingerprint density at radius 3 is 2.33 bits per heavy atom. The molecule has 0 aliphatic heterocycles. The van der Waals surface area contributed by atoms with E-state index in [1.165, 1.54) is 13.0 Å². The van der Waals surface area contributed by atoms with E-state index >= 15 is 0 Å². The van der Waals surface area contributed by atoms with Gasteiger partial charge in [0.25, 0.3) is 0 Å². The van der Waals surface area contributed by atoms with Crippen molar-refractivity contribution in [2.45, 2.75) is 12.3 Å². The molecule has 0 aliphatic rings. The molecule has 2 aromatic carbocycles. The number of carboxylic acids is 1. The van der Waals surface area contributed by atoms with Crippen LogP contribution in [0.3, 0.4) is 0 Å². The maximum atomic E-state index is 11.4. The van der Waals surface area contributed by atoms with Crippen LogP contribution < -0.4 is 4.74 Å². The molecule has 0 saturated carbocycles. The highest BCUT2D eigenvalue weighted by Crippen LogP contribution is 2.37. The summed E-state index contributed by atoms with van der Waals surface area (Å²) in [5.74, 6) is -1.61. The Balaban J connectivity index is 2.77. The van der Waals surface area contributed by atoms with Crippen LogP contribution in [-0.4, -0.2) is 17.0 Å². The fourth-order valence-electron chi connectivity index (χ4n) is 2.07. The Morgan fingerprint density at radius 2 is 1.81 bits per heavy atom. The molecule has 0 aliphatic carbocycles. The summed E-state index contributed by atoms with van der Waals surface area (Å²) >= 11 is 3.38. The van der Waals surface area contributed by atoms with E-state index in [0.29, 0.717) is 10.9 Å². The van der Waals surface area contributed by atoms with Crippen molar-refractivity contribution in [2.75, 3.05) is 0 Å². The number of rotatable bonds is 4. The van der Waals surface area contributed by atoms with Gasteiger partial charge in [0.1, 0.15) is 5.56 Å². The maximum Gasteiger partial charge on any atom is 0.339 e. The predicted octanol–water partition coefficient (Wildman–Crippen LogP) is 3.87. The summed E-state index contributed by atoms with van der Waals surface area (Å²) in [5.41, 5.74) is 2.23. The lowest BCUT2D eigenvalue weighted by Gasteiger charge is -2.15. The molecule has 0 saturated heterocycles. The van der Waals surface area contributed by atoms with Gasteiger partial charge in [-0.05, 0) is 17.2 Å². The average Bonchev–Trinajstić information content (AvgIpc) is 2.46. The monoisotopic (exact) mass is 348 g/mol. The molecule has 0 atom stereocenters. The van der Waals surface area contributed by atoms with Gasteiger partial charge in [-0.25, -0.2) is 4.79 Å². The zero-order valence-electron chi connectivity index (χ0n) is 11.3. The summed E-state index contributed by atoms with van der Waals surface area (Å²) in [5, 5.41) is 9.83. The molecule has 0 amide bonds. The zero-order valence-corrected chi connectivity index (χ0v) is 12.9. The second-order valence-corrected chi connectivity index (χ2v) is 4.94. The Morgan fingerprint density at radius 1 is 1.14 bits per heavy atom. The van der Waals surface area contributed by atoms with Gasteiger partial charge >= 0.3 is 11.9 Å². The summed E-state index contributed by atoms with van der Waals surface area (Å²) in [6.45, 7) is 1.25. The summed E-state index contributed by atoms with van der Waals surface area (Å²) in [4.78, 5) is 22.7. The van der Waals surface area contributed by atoms with Crippen LogP contribution in [-0.2, 0) is 10.1 Å². The van der Waals surface area contributed by atoms with Crippen molar-refractivity contribution in [2.24, 2.45) is 0 Å². The second-order valence-electron chi connectivity index (χ2n) is 4.37. The van der Waals surface area contributed by atoms with Gasteiger partial charge in [-0.2, -0.15) is 0 Å². The summed E-state index contributed by atoms with van der Waals surface area (Å²) in [7, 11) is 0. The highest BCUT2D eigenvalue weighted by molar-refractivity contribution is 9.08. The number of ether oxygens (including phenoxy) is 1. The molecule has 5 heteroatoms. The van der Waals surface area contributed by atoms with E-state index in [0.717, 1.165) is 11.1 Å². The Hall–Kier alpha value is -2.14.